The standard InChI is InChI=1S/C20H14ClN3O4/c21-17-15(18(25)26)9-22-19(23-17)24-20(27)28-10-16-13-7-3-1-5-11(13)12-6-2-4-8-14(12)16/h1-9,16H,10H2,(H,25,26)(H,22,23,24,27). The lowest BCUT2D eigenvalue weighted by molar-refractivity contribution is 0.0696. The van der Waals surface area contributed by atoms with Gasteiger partial charge >= 0.3 is 12.1 Å². The zero-order chi connectivity index (χ0) is 19.7. The maximum absolute atomic E-state index is 12.2. The van der Waals surface area contributed by atoms with Crippen molar-refractivity contribution >= 4 is 29.6 Å². The Kier molecular flexibility index (Phi) is 4.67. The third kappa shape index (κ3) is 3.27. The highest BCUT2D eigenvalue weighted by Gasteiger charge is 2.29. The van der Waals surface area contributed by atoms with Gasteiger partial charge in [-0.2, -0.15) is 4.98 Å². The van der Waals surface area contributed by atoms with Crippen molar-refractivity contribution in [3.05, 3.63) is 76.6 Å². The number of aromatic carboxylic acids is 1. The summed E-state index contributed by atoms with van der Waals surface area (Å²) < 4.78 is 5.37. The van der Waals surface area contributed by atoms with Crippen molar-refractivity contribution < 1.29 is 19.4 Å². The van der Waals surface area contributed by atoms with Gasteiger partial charge in [-0.3, -0.25) is 5.32 Å². The van der Waals surface area contributed by atoms with E-state index in [1.807, 2.05) is 48.5 Å². The predicted octanol–water partition coefficient (Wildman–Crippen LogP) is 4.19. The van der Waals surface area contributed by atoms with Crippen LogP contribution in [0.5, 0.6) is 0 Å². The molecule has 0 atom stereocenters. The lowest BCUT2D eigenvalue weighted by Gasteiger charge is -2.14. The van der Waals surface area contributed by atoms with E-state index in [2.05, 4.69) is 15.3 Å². The number of ether oxygens (including phenoxy) is 1. The number of carboxylic acid groups (broad SMARTS) is 1. The van der Waals surface area contributed by atoms with Crippen LogP contribution in [0.4, 0.5) is 10.7 Å². The molecule has 2 N–H and O–H groups in total. The van der Waals surface area contributed by atoms with E-state index in [0.717, 1.165) is 28.5 Å². The number of aromatic nitrogens is 2. The fourth-order valence-electron chi connectivity index (χ4n) is 3.29. The molecule has 28 heavy (non-hydrogen) atoms. The van der Waals surface area contributed by atoms with Crippen LogP contribution in [0.2, 0.25) is 5.15 Å². The van der Waals surface area contributed by atoms with E-state index in [1.54, 1.807) is 0 Å². The molecule has 140 valence electrons. The Morgan fingerprint density at radius 1 is 1.07 bits per heavy atom. The summed E-state index contributed by atoms with van der Waals surface area (Å²) in [5.41, 5.74) is 4.21. The van der Waals surface area contributed by atoms with Crippen molar-refractivity contribution in [2.24, 2.45) is 0 Å². The van der Waals surface area contributed by atoms with E-state index < -0.39 is 12.1 Å². The molecule has 1 aliphatic carbocycles. The molecule has 0 bridgehead atoms. The number of carbonyl (C=O) groups excluding carboxylic acids is 1. The average Bonchev–Trinajstić information content (AvgIpc) is 3.00. The number of fused-ring (bicyclic) bond motifs is 3. The van der Waals surface area contributed by atoms with Crippen molar-refractivity contribution in [1.29, 1.82) is 0 Å². The molecule has 1 aromatic heterocycles. The Labute approximate surface area is 165 Å². The second-order valence-corrected chi connectivity index (χ2v) is 6.51. The molecule has 7 nitrogen and oxygen atoms in total. The van der Waals surface area contributed by atoms with Crippen molar-refractivity contribution in [2.45, 2.75) is 5.92 Å². The molecular weight excluding hydrogens is 382 g/mol. The lowest BCUT2D eigenvalue weighted by Crippen LogP contribution is -2.19. The number of carbonyl (C=O) groups is 2. The zero-order valence-corrected chi connectivity index (χ0v) is 15.2. The van der Waals surface area contributed by atoms with E-state index in [0.29, 0.717) is 0 Å². The highest BCUT2D eigenvalue weighted by atomic mass is 35.5. The first kappa shape index (κ1) is 17.9. The van der Waals surface area contributed by atoms with Gasteiger partial charge in [0.25, 0.3) is 0 Å². The molecule has 1 amide bonds. The number of rotatable bonds is 4. The second kappa shape index (κ2) is 7.28. The van der Waals surface area contributed by atoms with E-state index >= 15 is 0 Å². The van der Waals surface area contributed by atoms with Crippen LogP contribution in [0.1, 0.15) is 27.4 Å². The number of benzene rings is 2. The van der Waals surface area contributed by atoms with Gasteiger partial charge in [0.15, 0.2) is 0 Å². The van der Waals surface area contributed by atoms with Crippen LogP contribution < -0.4 is 5.32 Å². The SMILES string of the molecule is O=C(Nc1ncc(C(=O)O)c(Cl)n1)OCC1c2ccccc2-c2ccccc21. The summed E-state index contributed by atoms with van der Waals surface area (Å²) in [7, 11) is 0. The summed E-state index contributed by atoms with van der Waals surface area (Å²) in [6.45, 7) is 0.140. The van der Waals surface area contributed by atoms with Crippen LogP contribution in [0, 0.1) is 0 Å². The summed E-state index contributed by atoms with van der Waals surface area (Å²) in [6.07, 6.45) is 0.275. The largest absolute Gasteiger partial charge is 0.478 e. The Balaban J connectivity index is 1.47. The highest BCUT2D eigenvalue weighted by molar-refractivity contribution is 6.32. The molecule has 0 saturated carbocycles. The van der Waals surface area contributed by atoms with Gasteiger partial charge in [0.2, 0.25) is 5.95 Å². The second-order valence-electron chi connectivity index (χ2n) is 6.15. The van der Waals surface area contributed by atoms with Gasteiger partial charge in [-0.25, -0.2) is 14.6 Å². The first-order chi connectivity index (χ1) is 13.5. The van der Waals surface area contributed by atoms with E-state index in [9.17, 15) is 9.59 Å². The van der Waals surface area contributed by atoms with Gasteiger partial charge in [0.05, 0.1) is 0 Å². The number of hydrogen-bond donors (Lipinski definition) is 2. The number of nitrogens with one attached hydrogen (secondary N) is 1. The maximum atomic E-state index is 12.2. The van der Waals surface area contributed by atoms with Crippen LogP contribution in [0.25, 0.3) is 11.1 Å². The van der Waals surface area contributed by atoms with E-state index in [1.165, 1.54) is 0 Å². The first-order valence-electron chi connectivity index (χ1n) is 8.42. The quantitative estimate of drug-likeness (QED) is 0.642. The Morgan fingerprint density at radius 3 is 2.25 bits per heavy atom. The maximum Gasteiger partial charge on any atom is 0.414 e. The minimum absolute atomic E-state index is 0.0722. The molecule has 1 heterocycles. The van der Waals surface area contributed by atoms with Crippen LogP contribution in [-0.2, 0) is 4.74 Å². The van der Waals surface area contributed by atoms with Gasteiger partial charge in [-0.05, 0) is 22.3 Å². The Hall–Kier alpha value is -3.45. The van der Waals surface area contributed by atoms with Crippen molar-refractivity contribution in [2.75, 3.05) is 11.9 Å². The van der Waals surface area contributed by atoms with Crippen LogP contribution in [0.3, 0.4) is 0 Å². The summed E-state index contributed by atoms with van der Waals surface area (Å²) >= 11 is 5.78. The molecule has 0 fully saturated rings. The van der Waals surface area contributed by atoms with E-state index in [-0.39, 0.29) is 29.2 Å². The summed E-state index contributed by atoms with van der Waals surface area (Å²) in [6, 6.07) is 16.0. The number of halogens is 1. The molecule has 0 spiro atoms. The minimum Gasteiger partial charge on any atom is -0.478 e. The monoisotopic (exact) mass is 395 g/mol. The number of nitrogens with zero attached hydrogens (tertiary/aromatic N) is 2. The van der Waals surface area contributed by atoms with Gasteiger partial charge in [0.1, 0.15) is 17.3 Å². The van der Waals surface area contributed by atoms with Gasteiger partial charge in [-0.15, -0.1) is 0 Å². The number of anilines is 1. The third-order valence-corrected chi connectivity index (χ3v) is 4.82. The topological polar surface area (TPSA) is 101 Å². The normalized spacial score (nSPS) is 12.2. The smallest absolute Gasteiger partial charge is 0.414 e. The van der Waals surface area contributed by atoms with Crippen LogP contribution in [-0.4, -0.2) is 33.7 Å². The average molecular weight is 396 g/mol. The van der Waals surface area contributed by atoms with Crippen molar-refractivity contribution in [3.8, 4) is 11.1 Å². The molecule has 0 unspecified atom stereocenters. The molecular formula is C20H14ClN3O4. The molecule has 0 radical (unpaired) electrons. The third-order valence-electron chi connectivity index (χ3n) is 4.53. The lowest BCUT2D eigenvalue weighted by atomic mass is 9.98. The fourth-order valence-corrected chi connectivity index (χ4v) is 3.50. The molecule has 0 aliphatic heterocycles. The number of amides is 1. The summed E-state index contributed by atoms with van der Waals surface area (Å²) in [5.74, 6) is -1.46. The zero-order valence-electron chi connectivity index (χ0n) is 14.4. The predicted molar refractivity (Wildman–Crippen MR) is 103 cm³/mol. The number of carboxylic acids is 1. The molecule has 4 rings (SSSR count). The van der Waals surface area contributed by atoms with Crippen LogP contribution in [0.15, 0.2) is 54.7 Å². The Bertz CT molecular complexity index is 1040. The van der Waals surface area contributed by atoms with Gasteiger partial charge < -0.3 is 9.84 Å². The first-order valence-corrected chi connectivity index (χ1v) is 8.80. The summed E-state index contributed by atoms with van der Waals surface area (Å²) in [5, 5.41) is 11.0. The van der Waals surface area contributed by atoms with Crippen molar-refractivity contribution in [1.82, 2.24) is 9.97 Å². The Morgan fingerprint density at radius 2 is 1.68 bits per heavy atom. The minimum atomic E-state index is -1.25. The highest BCUT2D eigenvalue weighted by Crippen LogP contribution is 2.44. The van der Waals surface area contributed by atoms with Gasteiger partial charge in [0, 0.05) is 12.1 Å². The van der Waals surface area contributed by atoms with Crippen molar-refractivity contribution in [3.63, 3.8) is 0 Å². The molecule has 0 saturated heterocycles. The molecule has 2 aromatic carbocycles. The van der Waals surface area contributed by atoms with Gasteiger partial charge in [-0.1, -0.05) is 60.1 Å². The molecule has 1 aliphatic rings. The molecule has 3 aromatic rings. The molecule has 8 heteroatoms. The van der Waals surface area contributed by atoms with Crippen LogP contribution >= 0.6 is 11.6 Å². The summed E-state index contributed by atoms with van der Waals surface area (Å²) in [4.78, 5) is 30.6. The van der Waals surface area contributed by atoms with E-state index in [4.69, 9.17) is 21.4 Å². The number of hydrogen-bond acceptors (Lipinski definition) is 5. The fraction of sp³-hybridized carbons (Fsp3) is 0.100.